The molecule has 2 aromatic rings. The van der Waals surface area contributed by atoms with Gasteiger partial charge in [0.15, 0.2) is 0 Å². The van der Waals surface area contributed by atoms with Crippen molar-refractivity contribution < 1.29 is 0 Å². The van der Waals surface area contributed by atoms with Gasteiger partial charge in [-0.05, 0) is 17.2 Å². The van der Waals surface area contributed by atoms with E-state index in [4.69, 9.17) is 11.6 Å². The molecule has 2 heteroatoms. The summed E-state index contributed by atoms with van der Waals surface area (Å²) < 4.78 is 0. The summed E-state index contributed by atoms with van der Waals surface area (Å²) in [5, 5.41) is 0.804. The molecular weight excluding hydrogens is 248 g/mol. The van der Waals surface area contributed by atoms with Gasteiger partial charge in [0.25, 0.3) is 0 Å². The summed E-state index contributed by atoms with van der Waals surface area (Å²) in [6.07, 6.45) is 1.89. The van der Waals surface area contributed by atoms with Crippen molar-refractivity contribution in [3.05, 3.63) is 66.2 Å². The summed E-state index contributed by atoms with van der Waals surface area (Å²) in [4.78, 5) is 1.13. The van der Waals surface area contributed by atoms with Crippen LogP contribution in [0.2, 0.25) is 5.02 Å². The molecule has 2 aromatic carbocycles. The third kappa shape index (κ3) is 2.93. The largest absolute Gasteiger partial charge is 0.120 e. The Morgan fingerprint density at radius 3 is 2.53 bits per heavy atom. The van der Waals surface area contributed by atoms with Gasteiger partial charge < -0.3 is 0 Å². The second-order valence-corrected chi connectivity index (χ2v) is 5.02. The van der Waals surface area contributed by atoms with E-state index in [1.165, 1.54) is 11.1 Å². The maximum absolute atomic E-state index is 6.26. The van der Waals surface area contributed by atoms with E-state index in [0.29, 0.717) is 0 Å². The van der Waals surface area contributed by atoms with Crippen molar-refractivity contribution in [3.63, 3.8) is 0 Å². The fraction of sp³-hybridized carbons (Fsp3) is 0.0667. The lowest BCUT2D eigenvalue weighted by molar-refractivity contribution is 1.44. The Labute approximate surface area is 111 Å². The smallest absolute Gasteiger partial charge is 0.0548 e. The summed E-state index contributed by atoms with van der Waals surface area (Å²) in [6.45, 7) is 3.74. The van der Waals surface area contributed by atoms with Crippen molar-refractivity contribution >= 4 is 23.4 Å². The number of halogens is 1. The number of hydrogen-bond donors (Lipinski definition) is 0. The highest BCUT2D eigenvalue weighted by atomic mass is 35.5. The highest BCUT2D eigenvalue weighted by Crippen LogP contribution is 2.36. The maximum atomic E-state index is 6.26. The van der Waals surface area contributed by atoms with E-state index in [9.17, 15) is 0 Å². The molecule has 0 fully saturated rings. The van der Waals surface area contributed by atoms with Crippen LogP contribution in [0.15, 0.2) is 66.1 Å². The third-order valence-corrected chi connectivity index (χ3v) is 3.96. The van der Waals surface area contributed by atoms with Crippen molar-refractivity contribution in [2.75, 3.05) is 5.75 Å². The van der Waals surface area contributed by atoms with Gasteiger partial charge in [0.1, 0.15) is 0 Å². The van der Waals surface area contributed by atoms with Crippen LogP contribution in [0.3, 0.4) is 0 Å². The van der Waals surface area contributed by atoms with E-state index in [0.717, 1.165) is 15.7 Å². The molecule has 0 bridgehead atoms. The minimum atomic E-state index is 0.804. The molecule has 0 unspecified atom stereocenters. The molecule has 0 aliphatic rings. The fourth-order valence-corrected chi connectivity index (χ4v) is 2.81. The van der Waals surface area contributed by atoms with Crippen LogP contribution < -0.4 is 0 Å². The molecule has 0 saturated carbocycles. The summed E-state index contributed by atoms with van der Waals surface area (Å²) >= 11 is 7.98. The van der Waals surface area contributed by atoms with Gasteiger partial charge in [-0.2, -0.15) is 0 Å². The molecule has 0 heterocycles. The van der Waals surface area contributed by atoms with Crippen LogP contribution >= 0.6 is 23.4 Å². The van der Waals surface area contributed by atoms with Crippen LogP contribution in [0.1, 0.15) is 0 Å². The first-order chi connectivity index (χ1) is 8.33. The molecule has 0 spiro atoms. The van der Waals surface area contributed by atoms with E-state index in [1.54, 1.807) is 11.8 Å². The average Bonchev–Trinajstić information content (AvgIpc) is 2.38. The van der Waals surface area contributed by atoms with Gasteiger partial charge in [0, 0.05) is 10.6 Å². The third-order valence-electron chi connectivity index (χ3n) is 2.40. The van der Waals surface area contributed by atoms with Crippen molar-refractivity contribution in [1.29, 1.82) is 0 Å². The fourth-order valence-electron chi connectivity index (χ4n) is 1.64. The summed E-state index contributed by atoms with van der Waals surface area (Å²) in [5.74, 6) is 0.865. The van der Waals surface area contributed by atoms with E-state index >= 15 is 0 Å². The quantitative estimate of drug-likeness (QED) is 0.532. The van der Waals surface area contributed by atoms with Gasteiger partial charge in [-0.15, -0.1) is 18.3 Å². The van der Waals surface area contributed by atoms with E-state index in [2.05, 4.69) is 24.8 Å². The molecule has 0 aromatic heterocycles. The first kappa shape index (κ1) is 12.3. The van der Waals surface area contributed by atoms with Gasteiger partial charge in [0.05, 0.1) is 5.02 Å². The number of thioether (sulfide) groups is 1. The van der Waals surface area contributed by atoms with Crippen molar-refractivity contribution in [2.45, 2.75) is 4.90 Å². The minimum absolute atomic E-state index is 0.804. The Kier molecular flexibility index (Phi) is 4.29. The molecule has 0 nitrogen and oxygen atoms in total. The van der Waals surface area contributed by atoms with Crippen LogP contribution in [0.25, 0.3) is 11.1 Å². The zero-order valence-electron chi connectivity index (χ0n) is 9.40. The predicted octanol–water partition coefficient (Wildman–Crippen LogP) is 5.29. The Balaban J connectivity index is 2.46. The van der Waals surface area contributed by atoms with Crippen LogP contribution in [0, 0.1) is 0 Å². The van der Waals surface area contributed by atoms with Crippen LogP contribution in [-0.4, -0.2) is 5.75 Å². The van der Waals surface area contributed by atoms with Gasteiger partial charge in [0.2, 0.25) is 0 Å². The molecule has 0 saturated heterocycles. The minimum Gasteiger partial charge on any atom is -0.120 e. The Bertz CT molecular complexity index is 506. The number of benzene rings is 2. The second kappa shape index (κ2) is 5.95. The molecule has 0 N–H and O–H groups in total. The van der Waals surface area contributed by atoms with Crippen LogP contribution in [0.4, 0.5) is 0 Å². The molecular formula is C15H13ClS. The first-order valence-electron chi connectivity index (χ1n) is 5.40. The zero-order chi connectivity index (χ0) is 12.1. The highest BCUT2D eigenvalue weighted by molar-refractivity contribution is 7.99. The van der Waals surface area contributed by atoms with Crippen molar-refractivity contribution in [3.8, 4) is 11.1 Å². The highest BCUT2D eigenvalue weighted by Gasteiger charge is 2.08. The first-order valence-corrected chi connectivity index (χ1v) is 6.77. The van der Waals surface area contributed by atoms with Gasteiger partial charge in [-0.3, -0.25) is 0 Å². The molecule has 0 aliphatic carbocycles. The van der Waals surface area contributed by atoms with Gasteiger partial charge in [-0.25, -0.2) is 0 Å². The standard InChI is InChI=1S/C15H13ClS/c1-2-11-17-15-13(9-6-10-14(15)16)12-7-4-3-5-8-12/h2-10H,1,11H2. The monoisotopic (exact) mass is 260 g/mol. The molecule has 0 radical (unpaired) electrons. The Morgan fingerprint density at radius 2 is 1.82 bits per heavy atom. The lowest BCUT2D eigenvalue weighted by atomic mass is 10.1. The summed E-state index contributed by atoms with van der Waals surface area (Å²) in [7, 11) is 0. The van der Waals surface area contributed by atoms with Crippen molar-refractivity contribution in [1.82, 2.24) is 0 Å². The Hall–Kier alpha value is -1.18. The predicted molar refractivity (Wildman–Crippen MR) is 77.8 cm³/mol. The normalized spacial score (nSPS) is 10.2. The SMILES string of the molecule is C=CCSc1c(Cl)cccc1-c1ccccc1. The van der Waals surface area contributed by atoms with Crippen LogP contribution in [0.5, 0.6) is 0 Å². The lowest BCUT2D eigenvalue weighted by Crippen LogP contribution is -1.84. The number of rotatable bonds is 4. The molecule has 0 aliphatic heterocycles. The van der Waals surface area contributed by atoms with E-state index in [-0.39, 0.29) is 0 Å². The van der Waals surface area contributed by atoms with Gasteiger partial charge >= 0.3 is 0 Å². The summed E-state index contributed by atoms with van der Waals surface area (Å²) in [6, 6.07) is 16.3. The molecule has 2 rings (SSSR count). The van der Waals surface area contributed by atoms with E-state index in [1.807, 2.05) is 36.4 Å². The summed E-state index contributed by atoms with van der Waals surface area (Å²) in [5.41, 5.74) is 2.38. The average molecular weight is 261 g/mol. The topological polar surface area (TPSA) is 0 Å². The lowest BCUT2D eigenvalue weighted by Gasteiger charge is -2.10. The zero-order valence-corrected chi connectivity index (χ0v) is 11.0. The Morgan fingerprint density at radius 1 is 1.06 bits per heavy atom. The van der Waals surface area contributed by atoms with Crippen LogP contribution in [-0.2, 0) is 0 Å². The molecule has 0 atom stereocenters. The van der Waals surface area contributed by atoms with Gasteiger partial charge in [-0.1, -0.05) is 60.1 Å². The second-order valence-electron chi connectivity index (χ2n) is 3.58. The molecule has 86 valence electrons. The van der Waals surface area contributed by atoms with E-state index < -0.39 is 0 Å². The maximum Gasteiger partial charge on any atom is 0.0548 e. The van der Waals surface area contributed by atoms with Crippen molar-refractivity contribution in [2.24, 2.45) is 0 Å². The molecule has 0 amide bonds. The number of hydrogen-bond acceptors (Lipinski definition) is 1. The molecule has 17 heavy (non-hydrogen) atoms.